The van der Waals surface area contributed by atoms with Gasteiger partial charge in [0.05, 0.1) is 11.8 Å². The van der Waals surface area contributed by atoms with Gasteiger partial charge in [0.15, 0.2) is 4.34 Å². The van der Waals surface area contributed by atoms with E-state index in [0.717, 1.165) is 22.4 Å². The minimum Gasteiger partial charge on any atom is -0.360 e. The van der Waals surface area contributed by atoms with E-state index < -0.39 is 0 Å². The van der Waals surface area contributed by atoms with Gasteiger partial charge in [-0.3, -0.25) is 4.79 Å². The van der Waals surface area contributed by atoms with Crippen molar-refractivity contribution in [1.29, 1.82) is 0 Å². The molecule has 2 heterocycles. The number of rotatable bonds is 10. The lowest BCUT2D eigenvalue weighted by molar-refractivity contribution is -0.119. The number of thiophene rings is 1. The maximum Gasteiger partial charge on any atom is 0.230 e. The molecular weight excluding hydrogens is 408 g/mol. The van der Waals surface area contributed by atoms with Crippen LogP contribution in [0.25, 0.3) is 0 Å². The molecule has 1 saturated carbocycles. The Hall–Kier alpha value is -1.90. The molecule has 4 rings (SSSR count). The normalized spacial score (nSPS) is 14.6. The number of carbonyl (C=O) groups is 1. The molecule has 1 amide bonds. The maximum atomic E-state index is 12.5. The molecule has 2 aromatic heterocycles. The molecule has 1 unspecified atom stereocenters. The van der Waals surface area contributed by atoms with Crippen molar-refractivity contribution in [3.8, 4) is 0 Å². The number of thioether (sulfide) groups is 1. The molecule has 0 aliphatic heterocycles. The summed E-state index contributed by atoms with van der Waals surface area (Å²) in [6, 6.07) is 14.6. The lowest BCUT2D eigenvalue weighted by atomic mass is 10.0. The third kappa shape index (κ3) is 5.56. The van der Waals surface area contributed by atoms with Crippen LogP contribution in [0.3, 0.4) is 0 Å². The van der Waals surface area contributed by atoms with Gasteiger partial charge in [-0.25, -0.2) is 0 Å². The molecule has 0 saturated heterocycles. The number of hydrogen-bond acceptors (Lipinski definition) is 7. The van der Waals surface area contributed by atoms with Crippen LogP contribution in [-0.2, 0) is 11.2 Å². The highest BCUT2D eigenvalue weighted by atomic mass is 32.2. The van der Waals surface area contributed by atoms with E-state index in [9.17, 15) is 4.79 Å². The lowest BCUT2D eigenvalue weighted by Crippen LogP contribution is -2.31. The molecule has 146 valence electrons. The molecule has 1 aliphatic carbocycles. The van der Waals surface area contributed by atoms with Crippen molar-refractivity contribution in [3.63, 3.8) is 0 Å². The van der Waals surface area contributed by atoms with Crippen molar-refractivity contribution in [1.82, 2.24) is 15.5 Å². The molecule has 5 nitrogen and oxygen atoms in total. The predicted molar refractivity (Wildman–Crippen MR) is 117 cm³/mol. The molecule has 28 heavy (non-hydrogen) atoms. The van der Waals surface area contributed by atoms with Gasteiger partial charge in [0, 0.05) is 11.4 Å². The van der Waals surface area contributed by atoms with Crippen molar-refractivity contribution >= 4 is 45.5 Å². The first-order valence-electron chi connectivity index (χ1n) is 9.35. The topological polar surface area (TPSA) is 66.9 Å². The first-order chi connectivity index (χ1) is 13.8. The Balaban J connectivity index is 1.23. The highest BCUT2D eigenvalue weighted by molar-refractivity contribution is 8.01. The Bertz CT molecular complexity index is 878. The van der Waals surface area contributed by atoms with E-state index in [1.807, 2.05) is 18.2 Å². The van der Waals surface area contributed by atoms with Gasteiger partial charge in [0.25, 0.3) is 0 Å². The maximum absolute atomic E-state index is 12.5. The van der Waals surface area contributed by atoms with Crippen LogP contribution in [0.2, 0.25) is 0 Å². The average molecular weight is 431 g/mol. The lowest BCUT2D eigenvalue weighted by Gasteiger charge is -2.18. The fraction of sp³-hybridized carbons (Fsp3) is 0.350. The summed E-state index contributed by atoms with van der Waals surface area (Å²) in [5.41, 5.74) is 1.19. The number of aromatic nitrogens is 2. The van der Waals surface area contributed by atoms with Crippen LogP contribution in [0.4, 0.5) is 5.13 Å². The summed E-state index contributed by atoms with van der Waals surface area (Å²) in [4.78, 5) is 13.8. The molecular formula is C20H22N4OS3. The number of nitrogens with one attached hydrogen (secondary N) is 2. The molecule has 1 aliphatic rings. The Morgan fingerprint density at radius 1 is 1.18 bits per heavy atom. The molecule has 0 radical (unpaired) electrons. The van der Waals surface area contributed by atoms with E-state index in [4.69, 9.17) is 0 Å². The van der Waals surface area contributed by atoms with Gasteiger partial charge in [-0.1, -0.05) is 59.5 Å². The Morgan fingerprint density at radius 3 is 2.79 bits per heavy atom. The molecule has 1 aromatic carbocycles. The standard InChI is InChI=1S/C20H22N4OS3/c25-17(22-18(15-8-9-15)14-5-2-1-3-6-14)13-27-20-24-23-19(28-20)21-11-10-16-7-4-12-26-16/h1-7,12,15,18H,8-11,13H2,(H,21,23)(H,22,25). The summed E-state index contributed by atoms with van der Waals surface area (Å²) in [7, 11) is 0. The van der Waals surface area contributed by atoms with Crippen molar-refractivity contribution in [3.05, 3.63) is 58.3 Å². The fourth-order valence-corrected chi connectivity index (χ4v) is 5.29. The van der Waals surface area contributed by atoms with Gasteiger partial charge >= 0.3 is 0 Å². The second-order valence-corrected chi connectivity index (χ2v) is 9.94. The number of carbonyl (C=O) groups excluding carboxylic acids is 1. The molecule has 8 heteroatoms. The van der Waals surface area contributed by atoms with Gasteiger partial charge in [0.2, 0.25) is 11.0 Å². The van der Waals surface area contributed by atoms with Gasteiger partial charge in [-0.2, -0.15) is 0 Å². The number of amides is 1. The SMILES string of the molecule is O=C(CSc1nnc(NCCc2cccs2)s1)NC(c1ccccc1)C1CC1. The second kappa shape index (κ2) is 9.54. The van der Waals surface area contributed by atoms with Gasteiger partial charge in [0.1, 0.15) is 0 Å². The molecule has 3 aromatic rings. The van der Waals surface area contributed by atoms with Crippen LogP contribution in [0, 0.1) is 5.92 Å². The number of nitrogens with zero attached hydrogens (tertiary/aromatic N) is 2. The zero-order valence-corrected chi connectivity index (χ0v) is 17.8. The Kier molecular flexibility index (Phi) is 6.61. The van der Waals surface area contributed by atoms with E-state index in [0.29, 0.717) is 11.7 Å². The summed E-state index contributed by atoms with van der Waals surface area (Å²) in [6.45, 7) is 0.834. The second-order valence-electron chi connectivity index (χ2n) is 6.71. The molecule has 2 N–H and O–H groups in total. The monoisotopic (exact) mass is 430 g/mol. The van der Waals surface area contributed by atoms with E-state index in [-0.39, 0.29) is 11.9 Å². The van der Waals surface area contributed by atoms with Crippen LogP contribution >= 0.6 is 34.4 Å². The highest BCUT2D eigenvalue weighted by Gasteiger charge is 2.33. The largest absolute Gasteiger partial charge is 0.360 e. The Morgan fingerprint density at radius 2 is 2.04 bits per heavy atom. The average Bonchev–Trinajstić information content (AvgIpc) is 3.23. The van der Waals surface area contributed by atoms with E-state index in [1.54, 1.807) is 11.3 Å². The first kappa shape index (κ1) is 19.4. The van der Waals surface area contributed by atoms with Crippen LogP contribution in [0.5, 0.6) is 0 Å². The van der Waals surface area contributed by atoms with Crippen molar-refractivity contribution in [2.24, 2.45) is 5.92 Å². The summed E-state index contributed by atoms with van der Waals surface area (Å²) in [5, 5.41) is 17.8. The smallest absolute Gasteiger partial charge is 0.230 e. The predicted octanol–water partition coefficient (Wildman–Crippen LogP) is 4.61. The van der Waals surface area contributed by atoms with Gasteiger partial charge < -0.3 is 10.6 Å². The number of hydrogen-bond donors (Lipinski definition) is 2. The van der Waals surface area contributed by atoms with Crippen molar-refractivity contribution < 1.29 is 4.79 Å². The van der Waals surface area contributed by atoms with Gasteiger partial charge in [-0.15, -0.1) is 21.5 Å². The Labute approximate surface area is 177 Å². The van der Waals surface area contributed by atoms with E-state index >= 15 is 0 Å². The van der Waals surface area contributed by atoms with Crippen LogP contribution in [0.1, 0.15) is 29.3 Å². The molecule has 1 fully saturated rings. The quantitative estimate of drug-likeness (QED) is 0.460. The number of benzene rings is 1. The summed E-state index contributed by atoms with van der Waals surface area (Å²) >= 11 is 4.71. The third-order valence-corrected chi connectivity index (χ3v) is 7.48. The van der Waals surface area contributed by atoms with Crippen molar-refractivity contribution in [2.45, 2.75) is 29.6 Å². The van der Waals surface area contributed by atoms with E-state index in [2.05, 4.69) is 50.5 Å². The minimum absolute atomic E-state index is 0.0492. The third-order valence-electron chi connectivity index (χ3n) is 4.53. The first-order valence-corrected chi connectivity index (χ1v) is 12.0. The van der Waals surface area contributed by atoms with Crippen molar-refractivity contribution in [2.75, 3.05) is 17.6 Å². The minimum atomic E-state index is 0.0492. The van der Waals surface area contributed by atoms with Crippen LogP contribution < -0.4 is 10.6 Å². The number of anilines is 1. The molecule has 0 spiro atoms. The highest BCUT2D eigenvalue weighted by Crippen LogP contribution is 2.41. The summed E-state index contributed by atoms with van der Waals surface area (Å²) in [6.07, 6.45) is 3.35. The molecule has 0 bridgehead atoms. The summed E-state index contributed by atoms with van der Waals surface area (Å²) < 4.78 is 0.816. The van der Waals surface area contributed by atoms with Crippen LogP contribution in [-0.4, -0.2) is 28.4 Å². The van der Waals surface area contributed by atoms with E-state index in [1.165, 1.54) is 46.4 Å². The van der Waals surface area contributed by atoms with Crippen LogP contribution in [0.15, 0.2) is 52.2 Å². The van der Waals surface area contributed by atoms with Gasteiger partial charge in [-0.05, 0) is 42.2 Å². The molecule has 1 atom stereocenters. The summed E-state index contributed by atoms with van der Waals surface area (Å²) in [5.74, 6) is 0.977. The fourth-order valence-electron chi connectivity index (χ4n) is 2.99. The zero-order chi connectivity index (χ0) is 19.2. The zero-order valence-electron chi connectivity index (χ0n) is 15.3.